The van der Waals surface area contributed by atoms with E-state index in [4.69, 9.17) is 0 Å². The van der Waals surface area contributed by atoms with Crippen molar-refractivity contribution in [3.8, 4) is 0 Å². The minimum Gasteiger partial charge on any atom is -0.384 e. The minimum absolute atomic E-state index is 0.209. The number of sulfonamides is 1. The predicted octanol–water partition coefficient (Wildman–Crippen LogP) is 1.25. The van der Waals surface area contributed by atoms with Gasteiger partial charge in [-0.05, 0) is 42.3 Å². The summed E-state index contributed by atoms with van der Waals surface area (Å²) < 4.78 is 26.8. The Kier molecular flexibility index (Phi) is 2.83. The summed E-state index contributed by atoms with van der Waals surface area (Å²) in [6.07, 6.45) is 2.32. The van der Waals surface area contributed by atoms with E-state index in [9.17, 15) is 8.42 Å². The summed E-state index contributed by atoms with van der Waals surface area (Å²) in [6.45, 7) is 0.844. The first-order valence-corrected chi connectivity index (χ1v) is 7.31. The first-order valence-electron chi connectivity index (χ1n) is 5.82. The summed E-state index contributed by atoms with van der Waals surface area (Å²) in [5, 5.41) is 10.5. The Labute approximate surface area is 110 Å². The number of fused-ring (bicyclic) bond motifs is 1. The number of anilines is 2. The normalized spacial score (nSPS) is 13.7. The molecule has 6 nitrogen and oxygen atoms in total. The van der Waals surface area contributed by atoms with Crippen molar-refractivity contribution in [3.05, 3.63) is 42.1 Å². The standard InChI is InChI=1S/C12H12N4O2S/c17-19(18,16-12-2-1-6-14-15-12)10-3-4-11-9(8-10)5-7-13-11/h1-4,6,8,13H,5,7H2,(H,15,16). The number of nitrogens with one attached hydrogen (secondary N) is 2. The minimum atomic E-state index is -3.62. The monoisotopic (exact) mass is 276 g/mol. The van der Waals surface area contributed by atoms with Crippen LogP contribution in [0, 0.1) is 0 Å². The van der Waals surface area contributed by atoms with Crippen molar-refractivity contribution in [1.29, 1.82) is 0 Å². The maximum absolute atomic E-state index is 12.2. The van der Waals surface area contributed by atoms with Gasteiger partial charge in [-0.1, -0.05) is 0 Å². The third-order valence-corrected chi connectivity index (χ3v) is 4.26. The first kappa shape index (κ1) is 11.9. The third-order valence-electron chi connectivity index (χ3n) is 2.91. The van der Waals surface area contributed by atoms with E-state index in [-0.39, 0.29) is 10.7 Å². The fourth-order valence-electron chi connectivity index (χ4n) is 2.00. The molecule has 0 atom stereocenters. The van der Waals surface area contributed by atoms with Crippen molar-refractivity contribution in [1.82, 2.24) is 10.2 Å². The van der Waals surface area contributed by atoms with Gasteiger partial charge in [0.15, 0.2) is 5.82 Å². The highest BCUT2D eigenvalue weighted by molar-refractivity contribution is 7.92. The lowest BCUT2D eigenvalue weighted by atomic mass is 10.2. The molecule has 1 aromatic heterocycles. The molecule has 0 spiro atoms. The highest BCUT2D eigenvalue weighted by Gasteiger charge is 2.18. The number of hydrogen-bond acceptors (Lipinski definition) is 5. The SMILES string of the molecule is O=S(=O)(Nc1cccnn1)c1ccc2c(c1)CCN2. The molecule has 2 N–H and O–H groups in total. The summed E-state index contributed by atoms with van der Waals surface area (Å²) in [4.78, 5) is 0.237. The summed E-state index contributed by atoms with van der Waals surface area (Å²) >= 11 is 0. The number of rotatable bonds is 3. The van der Waals surface area contributed by atoms with E-state index in [1.165, 1.54) is 6.20 Å². The molecule has 0 bridgehead atoms. The molecule has 2 heterocycles. The molecule has 0 unspecified atom stereocenters. The van der Waals surface area contributed by atoms with Gasteiger partial charge >= 0.3 is 0 Å². The van der Waals surface area contributed by atoms with Crippen molar-refractivity contribution in [2.75, 3.05) is 16.6 Å². The molecular formula is C12H12N4O2S. The summed E-state index contributed by atoms with van der Waals surface area (Å²) in [7, 11) is -3.62. The summed E-state index contributed by atoms with van der Waals surface area (Å²) in [6, 6.07) is 8.23. The fourth-order valence-corrected chi connectivity index (χ4v) is 3.05. The van der Waals surface area contributed by atoms with Crippen molar-refractivity contribution in [2.24, 2.45) is 0 Å². The van der Waals surface area contributed by atoms with Gasteiger partial charge in [-0.2, -0.15) is 5.10 Å². The van der Waals surface area contributed by atoms with Crippen LogP contribution in [0.4, 0.5) is 11.5 Å². The van der Waals surface area contributed by atoms with Crippen molar-refractivity contribution in [2.45, 2.75) is 11.3 Å². The van der Waals surface area contributed by atoms with E-state index >= 15 is 0 Å². The number of hydrogen-bond donors (Lipinski definition) is 2. The van der Waals surface area contributed by atoms with Gasteiger partial charge in [0.05, 0.1) is 4.90 Å². The molecule has 0 radical (unpaired) electrons. The third kappa shape index (κ3) is 2.37. The lowest BCUT2D eigenvalue weighted by Gasteiger charge is -2.08. The summed E-state index contributed by atoms with van der Waals surface area (Å²) in [5.41, 5.74) is 2.01. The maximum Gasteiger partial charge on any atom is 0.263 e. The van der Waals surface area contributed by atoms with Crippen LogP contribution in [0.5, 0.6) is 0 Å². The molecule has 1 aliphatic rings. The zero-order valence-corrected chi connectivity index (χ0v) is 10.8. The lowest BCUT2D eigenvalue weighted by molar-refractivity contribution is 0.601. The van der Waals surface area contributed by atoms with E-state index in [1.54, 1.807) is 30.3 Å². The molecule has 0 fully saturated rings. The van der Waals surface area contributed by atoms with E-state index in [0.29, 0.717) is 0 Å². The van der Waals surface area contributed by atoms with Crippen LogP contribution in [0.3, 0.4) is 0 Å². The Morgan fingerprint density at radius 3 is 2.95 bits per heavy atom. The van der Waals surface area contributed by atoms with Crippen molar-refractivity contribution >= 4 is 21.5 Å². The van der Waals surface area contributed by atoms with Crippen LogP contribution in [0.15, 0.2) is 41.4 Å². The van der Waals surface area contributed by atoms with Gasteiger partial charge in [-0.3, -0.25) is 4.72 Å². The Balaban J connectivity index is 1.92. The van der Waals surface area contributed by atoms with Gasteiger partial charge in [0.2, 0.25) is 0 Å². The molecule has 2 aromatic rings. The second-order valence-electron chi connectivity index (χ2n) is 4.21. The Morgan fingerprint density at radius 2 is 2.16 bits per heavy atom. The zero-order chi connectivity index (χ0) is 13.3. The van der Waals surface area contributed by atoms with Gasteiger partial charge in [-0.15, -0.1) is 5.10 Å². The number of aromatic nitrogens is 2. The summed E-state index contributed by atoms with van der Waals surface area (Å²) in [5.74, 6) is 0.209. The van der Waals surface area contributed by atoms with Crippen LogP contribution in [-0.2, 0) is 16.4 Å². The van der Waals surface area contributed by atoms with Crippen LogP contribution >= 0.6 is 0 Å². The van der Waals surface area contributed by atoms with E-state index < -0.39 is 10.0 Å². The Bertz CT molecular complexity index is 701. The van der Waals surface area contributed by atoms with Crippen LogP contribution in [-0.4, -0.2) is 25.2 Å². The average Bonchev–Trinajstić information content (AvgIpc) is 2.86. The van der Waals surface area contributed by atoms with Crippen molar-refractivity contribution in [3.63, 3.8) is 0 Å². The number of nitrogens with zero attached hydrogens (tertiary/aromatic N) is 2. The molecule has 98 valence electrons. The van der Waals surface area contributed by atoms with E-state index in [0.717, 1.165) is 24.2 Å². The van der Waals surface area contributed by atoms with Gasteiger partial charge in [0.25, 0.3) is 10.0 Å². The molecule has 0 saturated carbocycles. The van der Waals surface area contributed by atoms with Gasteiger partial charge in [0, 0.05) is 18.4 Å². The fraction of sp³-hybridized carbons (Fsp3) is 0.167. The highest BCUT2D eigenvalue weighted by atomic mass is 32.2. The van der Waals surface area contributed by atoms with Crippen molar-refractivity contribution < 1.29 is 8.42 Å². The topological polar surface area (TPSA) is 84.0 Å². The average molecular weight is 276 g/mol. The van der Waals surface area contributed by atoms with E-state index in [2.05, 4.69) is 20.2 Å². The molecule has 7 heteroatoms. The molecule has 1 aromatic carbocycles. The second-order valence-corrected chi connectivity index (χ2v) is 5.89. The van der Waals surface area contributed by atoms with Crippen LogP contribution < -0.4 is 10.0 Å². The molecule has 3 rings (SSSR count). The van der Waals surface area contributed by atoms with Crippen LogP contribution in [0.1, 0.15) is 5.56 Å². The molecule has 0 amide bonds. The molecular weight excluding hydrogens is 264 g/mol. The zero-order valence-electron chi connectivity index (χ0n) is 10.00. The second kappa shape index (κ2) is 4.51. The quantitative estimate of drug-likeness (QED) is 0.881. The van der Waals surface area contributed by atoms with Gasteiger partial charge in [-0.25, -0.2) is 8.42 Å². The highest BCUT2D eigenvalue weighted by Crippen LogP contribution is 2.25. The van der Waals surface area contributed by atoms with E-state index in [1.807, 2.05) is 0 Å². The van der Waals surface area contributed by atoms with Crippen LogP contribution in [0.2, 0.25) is 0 Å². The molecule has 1 aliphatic heterocycles. The van der Waals surface area contributed by atoms with Gasteiger partial charge in [0.1, 0.15) is 0 Å². The predicted molar refractivity (Wildman–Crippen MR) is 71.5 cm³/mol. The maximum atomic E-state index is 12.2. The Hall–Kier alpha value is -2.15. The smallest absolute Gasteiger partial charge is 0.263 e. The first-order chi connectivity index (χ1) is 9.15. The van der Waals surface area contributed by atoms with Crippen LogP contribution in [0.25, 0.3) is 0 Å². The van der Waals surface area contributed by atoms with Gasteiger partial charge < -0.3 is 5.32 Å². The molecule has 0 saturated heterocycles. The molecule has 19 heavy (non-hydrogen) atoms. The Morgan fingerprint density at radius 1 is 1.26 bits per heavy atom. The number of benzene rings is 1. The lowest BCUT2D eigenvalue weighted by Crippen LogP contribution is -2.14. The largest absolute Gasteiger partial charge is 0.384 e. The molecule has 0 aliphatic carbocycles.